The maximum Gasteiger partial charge on any atom is 0.110 e. The average molecular weight is 278 g/mol. The normalized spacial score (nSPS) is 38.0. The second kappa shape index (κ2) is 5.82. The Hall–Kier alpha value is -0.940. The standard InChI is InChI=1S/C16H22O4/c1-10-11(2)20-14-9-18-7-12-5-3-4-6-13(12)8-19-16(10)15(14)17/h3-6,10-11,14-17H,7-9H2,1-2H3/t10?,11-,14?,15+,16-/m0/s1. The fourth-order valence-corrected chi connectivity index (χ4v) is 2.97. The van der Waals surface area contributed by atoms with E-state index >= 15 is 0 Å². The van der Waals surface area contributed by atoms with Gasteiger partial charge in [-0.15, -0.1) is 0 Å². The maximum absolute atomic E-state index is 10.4. The monoisotopic (exact) mass is 278 g/mol. The molecule has 0 amide bonds. The molecule has 1 N–H and O–H groups in total. The van der Waals surface area contributed by atoms with Gasteiger partial charge in [-0.2, -0.15) is 0 Å². The molecular formula is C16H22O4. The molecule has 2 aliphatic heterocycles. The summed E-state index contributed by atoms with van der Waals surface area (Å²) in [6.45, 7) is 5.52. The molecule has 110 valence electrons. The molecule has 4 heteroatoms. The van der Waals surface area contributed by atoms with Gasteiger partial charge in [-0.1, -0.05) is 31.2 Å². The molecule has 0 saturated carbocycles. The van der Waals surface area contributed by atoms with Crippen LogP contribution in [0.3, 0.4) is 0 Å². The maximum atomic E-state index is 10.4. The van der Waals surface area contributed by atoms with Crippen molar-refractivity contribution >= 4 is 0 Å². The predicted molar refractivity (Wildman–Crippen MR) is 74.2 cm³/mol. The highest BCUT2D eigenvalue weighted by molar-refractivity contribution is 5.26. The van der Waals surface area contributed by atoms with Gasteiger partial charge in [0.25, 0.3) is 0 Å². The van der Waals surface area contributed by atoms with Gasteiger partial charge in [0, 0.05) is 5.92 Å². The number of hydrogen-bond donors (Lipinski definition) is 1. The van der Waals surface area contributed by atoms with Crippen molar-refractivity contribution in [2.75, 3.05) is 6.61 Å². The second-order valence-corrected chi connectivity index (χ2v) is 5.79. The Labute approximate surface area is 119 Å². The average Bonchev–Trinajstić information content (AvgIpc) is 2.45. The summed E-state index contributed by atoms with van der Waals surface area (Å²) < 4.78 is 17.6. The first-order valence-electron chi connectivity index (χ1n) is 7.26. The van der Waals surface area contributed by atoms with E-state index in [9.17, 15) is 5.11 Å². The Kier molecular flexibility index (Phi) is 4.08. The molecular weight excluding hydrogens is 256 g/mol. The topological polar surface area (TPSA) is 47.9 Å². The van der Waals surface area contributed by atoms with E-state index < -0.39 is 6.10 Å². The van der Waals surface area contributed by atoms with Crippen molar-refractivity contribution in [1.29, 1.82) is 0 Å². The minimum Gasteiger partial charge on any atom is -0.388 e. The highest BCUT2D eigenvalue weighted by atomic mass is 16.6. The van der Waals surface area contributed by atoms with Gasteiger partial charge in [0.15, 0.2) is 0 Å². The van der Waals surface area contributed by atoms with Gasteiger partial charge >= 0.3 is 0 Å². The Morgan fingerprint density at radius 1 is 1.10 bits per heavy atom. The third-order valence-corrected chi connectivity index (χ3v) is 4.45. The van der Waals surface area contributed by atoms with Crippen LogP contribution >= 0.6 is 0 Å². The summed E-state index contributed by atoms with van der Waals surface area (Å²) in [5.41, 5.74) is 2.27. The van der Waals surface area contributed by atoms with E-state index in [2.05, 4.69) is 19.1 Å². The molecule has 2 aliphatic rings. The van der Waals surface area contributed by atoms with Gasteiger partial charge in [-0.05, 0) is 18.1 Å². The van der Waals surface area contributed by atoms with Crippen molar-refractivity contribution in [3.63, 3.8) is 0 Å². The summed E-state index contributed by atoms with van der Waals surface area (Å²) in [6, 6.07) is 8.12. The van der Waals surface area contributed by atoms with E-state index in [0.29, 0.717) is 19.8 Å². The third-order valence-electron chi connectivity index (χ3n) is 4.45. The first-order chi connectivity index (χ1) is 9.66. The van der Waals surface area contributed by atoms with Crippen LogP contribution in [0.4, 0.5) is 0 Å². The summed E-state index contributed by atoms with van der Waals surface area (Å²) in [4.78, 5) is 0. The van der Waals surface area contributed by atoms with Crippen molar-refractivity contribution < 1.29 is 19.3 Å². The van der Waals surface area contributed by atoms with E-state index in [4.69, 9.17) is 14.2 Å². The summed E-state index contributed by atoms with van der Waals surface area (Å²) in [5, 5.41) is 10.4. The largest absolute Gasteiger partial charge is 0.388 e. The van der Waals surface area contributed by atoms with Crippen molar-refractivity contribution in [1.82, 2.24) is 0 Å². The number of fused-ring (bicyclic) bond motifs is 3. The molecule has 1 aromatic rings. The van der Waals surface area contributed by atoms with E-state index in [0.717, 1.165) is 11.1 Å². The van der Waals surface area contributed by atoms with Gasteiger partial charge in [0.05, 0.1) is 32.0 Å². The quantitative estimate of drug-likeness (QED) is 0.787. The van der Waals surface area contributed by atoms with Crippen molar-refractivity contribution in [2.45, 2.75) is 51.5 Å². The predicted octanol–water partition coefficient (Wildman–Crippen LogP) is 1.89. The Balaban J connectivity index is 1.86. The zero-order valence-corrected chi connectivity index (χ0v) is 12.0. The number of rotatable bonds is 0. The minimum absolute atomic E-state index is 0.0617. The molecule has 1 saturated heterocycles. The molecule has 2 heterocycles. The van der Waals surface area contributed by atoms with E-state index in [1.165, 1.54) is 0 Å². The van der Waals surface area contributed by atoms with Gasteiger partial charge in [-0.3, -0.25) is 0 Å². The molecule has 0 aliphatic carbocycles. The van der Waals surface area contributed by atoms with E-state index in [1.54, 1.807) is 0 Å². The molecule has 2 unspecified atom stereocenters. The summed E-state index contributed by atoms with van der Waals surface area (Å²) in [6.07, 6.45) is -1.09. The van der Waals surface area contributed by atoms with Crippen LogP contribution < -0.4 is 0 Å². The molecule has 1 aromatic carbocycles. The number of hydrogen-bond acceptors (Lipinski definition) is 4. The minimum atomic E-state index is -0.633. The fourth-order valence-electron chi connectivity index (χ4n) is 2.97. The smallest absolute Gasteiger partial charge is 0.110 e. The second-order valence-electron chi connectivity index (χ2n) is 5.79. The summed E-state index contributed by atoms with van der Waals surface area (Å²) >= 11 is 0. The van der Waals surface area contributed by atoms with Crippen LogP contribution in [-0.2, 0) is 27.4 Å². The van der Waals surface area contributed by atoms with E-state index in [-0.39, 0.29) is 24.2 Å². The molecule has 0 radical (unpaired) electrons. The lowest BCUT2D eigenvalue weighted by atomic mass is 9.88. The Bertz CT molecular complexity index is 462. The van der Waals surface area contributed by atoms with Crippen LogP contribution in [-0.4, -0.2) is 36.1 Å². The zero-order valence-electron chi connectivity index (χ0n) is 12.0. The molecule has 3 rings (SSSR count). The molecule has 2 bridgehead atoms. The summed E-state index contributed by atoms with van der Waals surface area (Å²) in [7, 11) is 0. The zero-order chi connectivity index (χ0) is 14.1. The van der Waals surface area contributed by atoms with Gasteiger partial charge in [0.2, 0.25) is 0 Å². The third kappa shape index (κ3) is 2.61. The van der Waals surface area contributed by atoms with Gasteiger partial charge in [-0.25, -0.2) is 0 Å². The molecule has 20 heavy (non-hydrogen) atoms. The van der Waals surface area contributed by atoms with Crippen LogP contribution in [0.25, 0.3) is 0 Å². The van der Waals surface area contributed by atoms with Crippen LogP contribution in [0, 0.1) is 5.92 Å². The van der Waals surface area contributed by atoms with Crippen LogP contribution in [0.1, 0.15) is 25.0 Å². The summed E-state index contributed by atoms with van der Waals surface area (Å²) in [5.74, 6) is 0.160. The fraction of sp³-hybridized carbons (Fsp3) is 0.625. The molecule has 1 fully saturated rings. The molecule has 5 atom stereocenters. The highest BCUT2D eigenvalue weighted by Crippen LogP contribution is 2.30. The van der Waals surface area contributed by atoms with Gasteiger partial charge < -0.3 is 19.3 Å². The van der Waals surface area contributed by atoms with Crippen LogP contribution in [0.2, 0.25) is 0 Å². The van der Waals surface area contributed by atoms with Crippen LogP contribution in [0.5, 0.6) is 0 Å². The molecule has 0 aromatic heterocycles. The first kappa shape index (κ1) is 14.0. The van der Waals surface area contributed by atoms with Crippen molar-refractivity contribution in [2.24, 2.45) is 5.92 Å². The number of benzene rings is 1. The molecule has 0 spiro atoms. The lowest BCUT2D eigenvalue weighted by molar-refractivity contribution is -0.223. The SMILES string of the molecule is CC1[C@H](C)OC2COCc3ccccc3CO[C@@H]1[C@@H]2O. The van der Waals surface area contributed by atoms with Crippen molar-refractivity contribution in [3.8, 4) is 0 Å². The Morgan fingerprint density at radius 2 is 1.80 bits per heavy atom. The number of aliphatic hydroxyl groups excluding tert-OH is 1. The lowest BCUT2D eigenvalue weighted by Crippen LogP contribution is -2.55. The first-order valence-corrected chi connectivity index (χ1v) is 7.26. The highest BCUT2D eigenvalue weighted by Gasteiger charge is 2.42. The van der Waals surface area contributed by atoms with Gasteiger partial charge in [0.1, 0.15) is 12.2 Å². The number of aliphatic hydroxyl groups is 1. The lowest BCUT2D eigenvalue weighted by Gasteiger charge is -2.43. The van der Waals surface area contributed by atoms with Crippen molar-refractivity contribution in [3.05, 3.63) is 35.4 Å². The molecule has 4 nitrogen and oxygen atoms in total. The number of ether oxygens (including phenoxy) is 3. The Morgan fingerprint density at radius 3 is 2.55 bits per heavy atom. The van der Waals surface area contributed by atoms with E-state index in [1.807, 2.05) is 19.1 Å². The van der Waals surface area contributed by atoms with Crippen LogP contribution in [0.15, 0.2) is 24.3 Å².